The van der Waals surface area contributed by atoms with E-state index in [4.69, 9.17) is 11.6 Å². The monoisotopic (exact) mass is 293 g/mol. The van der Waals surface area contributed by atoms with Gasteiger partial charge in [-0.3, -0.25) is 14.4 Å². The molecule has 1 N–H and O–H groups in total. The molecule has 104 valence electrons. The summed E-state index contributed by atoms with van der Waals surface area (Å²) in [7, 11) is 0. The van der Waals surface area contributed by atoms with Gasteiger partial charge < -0.3 is 5.11 Å². The van der Waals surface area contributed by atoms with Crippen molar-refractivity contribution in [1.29, 1.82) is 0 Å². The second-order valence-electron chi connectivity index (χ2n) is 4.56. The molecule has 5 nitrogen and oxygen atoms in total. The second-order valence-corrected chi connectivity index (χ2v) is 4.99. The summed E-state index contributed by atoms with van der Waals surface area (Å²) in [5.41, 5.74) is 0.550. The van der Waals surface area contributed by atoms with Crippen LogP contribution in [-0.4, -0.2) is 33.8 Å². The minimum atomic E-state index is -1.51. The van der Waals surface area contributed by atoms with Crippen LogP contribution in [0.3, 0.4) is 0 Å². The van der Waals surface area contributed by atoms with E-state index in [0.717, 1.165) is 0 Å². The zero-order chi connectivity index (χ0) is 15.0. The van der Waals surface area contributed by atoms with Crippen molar-refractivity contribution in [3.05, 3.63) is 46.5 Å². The molecule has 2 rings (SSSR count). The smallest absolute Gasteiger partial charge is 0.263 e. The van der Waals surface area contributed by atoms with Gasteiger partial charge >= 0.3 is 0 Å². The number of carbonyl (C=O) groups is 3. The van der Waals surface area contributed by atoms with Crippen molar-refractivity contribution in [3.63, 3.8) is 0 Å². The van der Waals surface area contributed by atoms with E-state index in [-0.39, 0.29) is 23.1 Å². The summed E-state index contributed by atoms with van der Waals surface area (Å²) in [4.78, 5) is 36.4. The first-order valence-corrected chi connectivity index (χ1v) is 6.25. The Hall–Kier alpha value is -1.98. The molecule has 1 unspecified atom stereocenters. The van der Waals surface area contributed by atoms with Crippen molar-refractivity contribution in [1.82, 2.24) is 4.90 Å². The lowest BCUT2D eigenvalue weighted by atomic mass is 10.1. The summed E-state index contributed by atoms with van der Waals surface area (Å²) >= 11 is 5.78. The van der Waals surface area contributed by atoms with Gasteiger partial charge in [-0.15, -0.1) is 0 Å². The van der Waals surface area contributed by atoms with Crippen LogP contribution in [0.25, 0.3) is 0 Å². The van der Waals surface area contributed by atoms with Gasteiger partial charge in [-0.05, 0) is 30.7 Å². The first kappa shape index (κ1) is 14.4. The summed E-state index contributed by atoms with van der Waals surface area (Å²) in [5.74, 6) is -1.70. The van der Waals surface area contributed by atoms with Gasteiger partial charge in [0.25, 0.3) is 11.8 Å². The van der Waals surface area contributed by atoms with Crippen LogP contribution in [-0.2, 0) is 4.79 Å². The predicted molar refractivity (Wildman–Crippen MR) is 72.4 cm³/mol. The molecule has 0 saturated carbocycles. The molecule has 0 saturated heterocycles. The molecular formula is C14H12ClNO4. The fourth-order valence-corrected chi connectivity index (χ4v) is 2.11. The van der Waals surface area contributed by atoms with Gasteiger partial charge in [0.15, 0.2) is 5.78 Å². The number of hydrogen-bond acceptors (Lipinski definition) is 4. The fraction of sp³-hybridized carbons (Fsp3) is 0.214. The van der Waals surface area contributed by atoms with Crippen molar-refractivity contribution >= 4 is 29.2 Å². The molecule has 1 aromatic rings. The fourth-order valence-electron chi connectivity index (χ4n) is 1.93. The van der Waals surface area contributed by atoms with Crippen LogP contribution in [0.4, 0.5) is 0 Å². The number of halogens is 1. The van der Waals surface area contributed by atoms with Crippen LogP contribution in [0, 0.1) is 0 Å². The van der Waals surface area contributed by atoms with Gasteiger partial charge in [0.1, 0.15) is 6.23 Å². The Morgan fingerprint density at radius 3 is 2.55 bits per heavy atom. The minimum Gasteiger partial charge on any atom is -0.373 e. The van der Waals surface area contributed by atoms with Crippen LogP contribution in [0.2, 0.25) is 5.02 Å². The Morgan fingerprint density at radius 2 is 1.95 bits per heavy atom. The van der Waals surface area contributed by atoms with E-state index in [1.807, 2.05) is 0 Å². The number of carbonyl (C=O) groups excluding carboxylic acids is 3. The maximum Gasteiger partial charge on any atom is 0.263 e. The Balaban J connectivity index is 2.28. The molecule has 1 aromatic carbocycles. The lowest BCUT2D eigenvalue weighted by Crippen LogP contribution is -2.41. The Labute approximate surface area is 120 Å². The number of ketones is 1. The molecule has 0 aromatic heterocycles. The van der Waals surface area contributed by atoms with E-state index in [0.29, 0.717) is 9.92 Å². The number of imide groups is 1. The molecule has 0 bridgehead atoms. The number of aliphatic hydroxyl groups excluding tert-OH is 1. The highest BCUT2D eigenvalue weighted by molar-refractivity contribution is 6.32. The molecule has 2 amide bonds. The topological polar surface area (TPSA) is 74.7 Å². The van der Waals surface area contributed by atoms with Gasteiger partial charge in [0, 0.05) is 5.02 Å². The van der Waals surface area contributed by atoms with Crippen LogP contribution < -0.4 is 0 Å². The van der Waals surface area contributed by atoms with E-state index in [1.165, 1.54) is 25.1 Å². The molecule has 6 heteroatoms. The van der Waals surface area contributed by atoms with Crippen molar-refractivity contribution in [2.24, 2.45) is 0 Å². The summed E-state index contributed by atoms with van der Waals surface area (Å²) in [5, 5.41) is 10.3. The highest BCUT2D eigenvalue weighted by Gasteiger charge is 2.40. The van der Waals surface area contributed by atoms with Crippen LogP contribution >= 0.6 is 11.6 Å². The normalized spacial score (nSPS) is 15.2. The predicted octanol–water partition coefficient (Wildman–Crippen LogP) is 1.79. The molecule has 0 radical (unpaired) electrons. The number of aliphatic hydroxyl groups is 1. The third-order valence-corrected chi connectivity index (χ3v) is 3.26. The standard InChI is InChI=1S/C14H12ClNO4/c1-7(2)11(17)6-12(18)16-13(19)9-4-3-8(15)5-10(9)14(16)20/h3-5,12,18H,1,6H2,2H3. The number of Topliss-reactive ketones (excluding diaryl/α,β-unsaturated/α-hetero) is 1. The minimum absolute atomic E-state index is 0.129. The summed E-state index contributed by atoms with van der Waals surface area (Å²) in [6.45, 7) is 4.95. The van der Waals surface area contributed by atoms with E-state index in [9.17, 15) is 19.5 Å². The van der Waals surface area contributed by atoms with E-state index in [2.05, 4.69) is 6.58 Å². The highest BCUT2D eigenvalue weighted by Crippen LogP contribution is 2.27. The summed E-state index contributed by atoms with van der Waals surface area (Å²) in [6.07, 6.45) is -1.88. The van der Waals surface area contributed by atoms with Crippen LogP contribution in [0.5, 0.6) is 0 Å². The number of benzene rings is 1. The molecule has 1 heterocycles. The molecule has 1 aliphatic heterocycles. The number of amides is 2. The van der Waals surface area contributed by atoms with E-state index >= 15 is 0 Å². The third-order valence-electron chi connectivity index (χ3n) is 3.02. The molecule has 0 fully saturated rings. The maximum absolute atomic E-state index is 12.1. The Morgan fingerprint density at radius 1 is 1.35 bits per heavy atom. The average Bonchev–Trinajstić information content (AvgIpc) is 2.61. The van der Waals surface area contributed by atoms with Crippen LogP contribution in [0.15, 0.2) is 30.4 Å². The van der Waals surface area contributed by atoms with Gasteiger partial charge in [-0.1, -0.05) is 18.2 Å². The summed E-state index contributed by atoms with van der Waals surface area (Å²) < 4.78 is 0. The number of rotatable bonds is 4. The van der Waals surface area contributed by atoms with Gasteiger partial charge in [-0.2, -0.15) is 0 Å². The molecule has 1 atom stereocenters. The first-order chi connectivity index (χ1) is 9.32. The van der Waals surface area contributed by atoms with Crippen molar-refractivity contribution in [2.45, 2.75) is 19.6 Å². The van der Waals surface area contributed by atoms with Gasteiger partial charge in [0.05, 0.1) is 17.5 Å². The van der Waals surface area contributed by atoms with Crippen molar-refractivity contribution < 1.29 is 19.5 Å². The number of nitrogens with zero attached hydrogens (tertiary/aromatic N) is 1. The van der Waals surface area contributed by atoms with Gasteiger partial charge in [0.2, 0.25) is 0 Å². The average molecular weight is 294 g/mol. The van der Waals surface area contributed by atoms with Gasteiger partial charge in [-0.25, -0.2) is 4.90 Å². The van der Waals surface area contributed by atoms with E-state index in [1.54, 1.807) is 0 Å². The highest BCUT2D eigenvalue weighted by atomic mass is 35.5. The zero-order valence-corrected chi connectivity index (χ0v) is 11.5. The molecular weight excluding hydrogens is 282 g/mol. The Kier molecular flexibility index (Phi) is 3.74. The second kappa shape index (κ2) is 5.19. The quantitative estimate of drug-likeness (QED) is 0.678. The Bertz CT molecular complexity index is 638. The zero-order valence-electron chi connectivity index (χ0n) is 10.7. The lowest BCUT2D eigenvalue weighted by Gasteiger charge is -2.20. The van der Waals surface area contributed by atoms with E-state index < -0.39 is 23.8 Å². The molecule has 1 aliphatic rings. The van der Waals surface area contributed by atoms with Crippen LogP contribution in [0.1, 0.15) is 34.1 Å². The number of fused-ring (bicyclic) bond motifs is 1. The largest absolute Gasteiger partial charge is 0.373 e. The lowest BCUT2D eigenvalue weighted by molar-refractivity contribution is -0.118. The number of allylic oxidation sites excluding steroid dienone is 1. The molecule has 0 aliphatic carbocycles. The summed E-state index contributed by atoms with van der Waals surface area (Å²) in [6, 6.07) is 4.27. The SMILES string of the molecule is C=C(C)C(=O)CC(O)N1C(=O)c2ccc(Cl)cc2C1=O. The first-order valence-electron chi connectivity index (χ1n) is 5.87. The van der Waals surface area contributed by atoms with Crippen molar-refractivity contribution in [3.8, 4) is 0 Å². The maximum atomic E-state index is 12.1. The third kappa shape index (κ3) is 2.37. The molecule has 0 spiro atoms. The molecule has 20 heavy (non-hydrogen) atoms. The van der Waals surface area contributed by atoms with Crippen molar-refractivity contribution in [2.75, 3.05) is 0 Å². The number of hydrogen-bond donors (Lipinski definition) is 1.